The van der Waals surface area contributed by atoms with E-state index in [-0.39, 0.29) is 37.3 Å². The molecule has 4 aliphatic rings. The maximum absolute atomic E-state index is 14.3. The Morgan fingerprint density at radius 2 is 1.87 bits per heavy atom. The molecular formula is C45H44N6O8Si. The highest BCUT2D eigenvalue weighted by Gasteiger charge is 2.61. The van der Waals surface area contributed by atoms with Crippen molar-refractivity contribution in [3.63, 3.8) is 0 Å². The van der Waals surface area contributed by atoms with E-state index < -0.39 is 49.9 Å². The van der Waals surface area contributed by atoms with E-state index in [1.165, 1.54) is 10.6 Å². The van der Waals surface area contributed by atoms with Crippen LogP contribution in [0.2, 0.25) is 25.7 Å². The Balaban J connectivity index is 1.21. The summed E-state index contributed by atoms with van der Waals surface area (Å²) in [6, 6.07) is 16.8. The van der Waals surface area contributed by atoms with E-state index in [2.05, 4.69) is 48.2 Å². The standard InChI is InChI=1S/C45H44N6O8Si/c1-7-16-56-44(54)51-22-27-33-21-46-40(57-33)37-38-45-28-12-8-11-26(25-10-9-13-31(51)34(25)27)36(28)50-42(45)58-32-15-14-24(19-29(32)45)20-30(47-43(53)55-17-18-60(4,5)6)39(52)48-35(23(2)3)41(49-37)59-38/h7-15,19,21-23,30,35,42,50H,1,16-18,20H2,2-6H3,(H,47,53)(H,48,52). The number of para-hydroxylation sites is 1. The lowest BCUT2D eigenvalue weighted by molar-refractivity contribution is -0.124. The minimum atomic E-state index is -1.47. The third kappa shape index (κ3) is 5.77. The fourth-order valence-corrected chi connectivity index (χ4v) is 9.65. The molecule has 15 heteroatoms. The van der Waals surface area contributed by atoms with Gasteiger partial charge in [-0.25, -0.2) is 19.6 Å². The van der Waals surface area contributed by atoms with Gasteiger partial charge < -0.3 is 39.0 Å². The third-order valence-electron chi connectivity index (χ3n) is 11.9. The molecule has 7 heterocycles. The first-order chi connectivity index (χ1) is 28.8. The molecule has 3 aromatic carbocycles. The Morgan fingerprint density at radius 1 is 1.05 bits per heavy atom. The summed E-state index contributed by atoms with van der Waals surface area (Å²) in [5, 5.41) is 10.5. The monoisotopic (exact) mass is 824 g/mol. The fourth-order valence-electron chi connectivity index (χ4n) is 8.94. The number of amides is 2. The third-order valence-corrected chi connectivity index (χ3v) is 13.6. The summed E-state index contributed by atoms with van der Waals surface area (Å²) in [5.74, 6) is 1.24. The molecule has 4 unspecified atom stereocenters. The number of nitrogens with one attached hydrogen (secondary N) is 3. The number of benzene rings is 3. The molecule has 14 nitrogen and oxygen atoms in total. The lowest BCUT2D eigenvalue weighted by atomic mass is 9.72. The van der Waals surface area contributed by atoms with Crippen LogP contribution in [0.25, 0.3) is 44.9 Å². The van der Waals surface area contributed by atoms with Crippen molar-refractivity contribution in [2.75, 3.05) is 18.5 Å². The van der Waals surface area contributed by atoms with Gasteiger partial charge >= 0.3 is 12.2 Å². The van der Waals surface area contributed by atoms with Crippen LogP contribution in [0.15, 0.2) is 88.5 Å². The van der Waals surface area contributed by atoms with Crippen LogP contribution in [0, 0.1) is 5.92 Å². The molecule has 0 saturated heterocycles. The molecule has 1 spiro atoms. The van der Waals surface area contributed by atoms with Gasteiger partial charge in [0.25, 0.3) is 0 Å². The summed E-state index contributed by atoms with van der Waals surface area (Å²) in [6.07, 6.45) is 3.08. The average Bonchev–Trinajstić information content (AvgIpc) is 4.04. The number of ether oxygens (including phenoxy) is 3. The molecule has 306 valence electrons. The second-order valence-corrected chi connectivity index (χ2v) is 22.9. The number of oxazole rings is 2. The van der Waals surface area contributed by atoms with Gasteiger partial charge in [0.05, 0.1) is 18.3 Å². The lowest BCUT2D eigenvalue weighted by Gasteiger charge is -2.28. The van der Waals surface area contributed by atoms with Crippen molar-refractivity contribution in [2.24, 2.45) is 5.92 Å². The van der Waals surface area contributed by atoms with Crippen LogP contribution >= 0.6 is 0 Å². The highest BCUT2D eigenvalue weighted by atomic mass is 28.3. The van der Waals surface area contributed by atoms with E-state index in [0.29, 0.717) is 34.0 Å². The average molecular weight is 825 g/mol. The van der Waals surface area contributed by atoms with Crippen LogP contribution in [0.1, 0.15) is 48.2 Å². The summed E-state index contributed by atoms with van der Waals surface area (Å²) >= 11 is 0. The zero-order valence-corrected chi connectivity index (χ0v) is 34.9. The van der Waals surface area contributed by atoms with Crippen molar-refractivity contribution >= 4 is 42.8 Å². The maximum Gasteiger partial charge on any atom is 0.418 e. The van der Waals surface area contributed by atoms with Gasteiger partial charge in [0.2, 0.25) is 17.7 Å². The molecule has 3 aromatic heterocycles. The number of hydrogen-bond donors (Lipinski definition) is 3. The summed E-state index contributed by atoms with van der Waals surface area (Å²) in [7, 11) is -1.47. The topological polar surface area (TPSA) is 172 Å². The predicted molar refractivity (Wildman–Crippen MR) is 226 cm³/mol. The van der Waals surface area contributed by atoms with Gasteiger partial charge in [0, 0.05) is 54.0 Å². The molecule has 4 aliphatic heterocycles. The van der Waals surface area contributed by atoms with Gasteiger partial charge in [0.15, 0.2) is 23.4 Å². The summed E-state index contributed by atoms with van der Waals surface area (Å²) in [6.45, 7) is 14.6. The van der Waals surface area contributed by atoms with Crippen LogP contribution in [-0.2, 0) is 26.1 Å². The Morgan fingerprint density at radius 3 is 2.67 bits per heavy atom. The molecule has 2 amide bonds. The van der Waals surface area contributed by atoms with Gasteiger partial charge in [-0.1, -0.05) is 88.6 Å². The molecule has 0 radical (unpaired) electrons. The summed E-state index contributed by atoms with van der Waals surface area (Å²) in [5.41, 5.74) is 5.38. The quantitative estimate of drug-likeness (QED) is 0.104. The molecule has 0 aliphatic carbocycles. The minimum absolute atomic E-state index is 0.0420. The molecule has 60 heavy (non-hydrogen) atoms. The Kier molecular flexibility index (Phi) is 8.61. The zero-order chi connectivity index (χ0) is 41.7. The van der Waals surface area contributed by atoms with Crippen LogP contribution in [0.5, 0.6) is 5.75 Å². The van der Waals surface area contributed by atoms with Gasteiger partial charge in [-0.3, -0.25) is 9.36 Å². The van der Waals surface area contributed by atoms with Gasteiger partial charge in [-0.2, -0.15) is 0 Å². The number of aromatic nitrogens is 3. The summed E-state index contributed by atoms with van der Waals surface area (Å²) in [4.78, 5) is 51.0. The van der Waals surface area contributed by atoms with Crippen LogP contribution in [0.3, 0.4) is 0 Å². The first kappa shape index (κ1) is 37.6. The largest absolute Gasteiger partial charge is 0.469 e. The smallest absolute Gasteiger partial charge is 0.418 e. The van der Waals surface area contributed by atoms with Crippen molar-refractivity contribution < 1.29 is 37.4 Å². The van der Waals surface area contributed by atoms with Crippen LogP contribution in [0.4, 0.5) is 15.3 Å². The molecule has 4 atom stereocenters. The van der Waals surface area contributed by atoms with E-state index in [1.54, 1.807) is 12.4 Å². The number of rotatable bonds is 7. The van der Waals surface area contributed by atoms with Crippen molar-refractivity contribution in [1.29, 1.82) is 0 Å². The molecule has 3 N–H and O–H groups in total. The van der Waals surface area contributed by atoms with E-state index >= 15 is 0 Å². The highest BCUT2D eigenvalue weighted by Crippen LogP contribution is 2.61. The van der Waals surface area contributed by atoms with E-state index in [4.69, 9.17) is 33.0 Å². The van der Waals surface area contributed by atoms with Gasteiger partial charge in [-0.15, -0.1) is 0 Å². The molecule has 6 aromatic rings. The number of alkyl carbamates (subject to hydrolysis) is 1. The first-order valence-corrected chi connectivity index (χ1v) is 23.9. The van der Waals surface area contributed by atoms with E-state index in [0.717, 1.165) is 44.9 Å². The Labute approximate surface area is 346 Å². The van der Waals surface area contributed by atoms with Gasteiger partial charge in [-0.05, 0) is 35.2 Å². The van der Waals surface area contributed by atoms with E-state index in [1.807, 2.05) is 62.4 Å². The number of hydrogen-bond acceptors (Lipinski definition) is 11. The van der Waals surface area contributed by atoms with Crippen molar-refractivity contribution in [2.45, 2.75) is 69.7 Å². The molecule has 10 bridgehead atoms. The normalized spacial score (nSPS) is 20.6. The van der Waals surface area contributed by atoms with Crippen LogP contribution in [-0.4, -0.2) is 66.2 Å². The molecule has 0 saturated carbocycles. The SMILES string of the molecule is C=CCOC(=O)n1cc2c3c(cccc31)-c1cccc3c1NC1Oc4ccc5cc4C31c1oc(nc1-c1ncc-2o1)C(C(C)C)NC(=O)C(NC(=O)OCC[Si](C)(C)C)C5. The predicted octanol–water partition coefficient (Wildman–Crippen LogP) is 8.38. The minimum Gasteiger partial charge on any atom is -0.469 e. The number of carbonyl (C=O) groups excluding carboxylic acids is 3. The lowest BCUT2D eigenvalue weighted by Crippen LogP contribution is -2.50. The number of nitrogens with zero attached hydrogens (tertiary/aromatic N) is 3. The number of fused-ring (bicyclic) bond motifs is 7. The second-order valence-electron chi connectivity index (χ2n) is 17.3. The highest BCUT2D eigenvalue weighted by molar-refractivity contribution is 6.76. The van der Waals surface area contributed by atoms with Crippen LogP contribution < -0.4 is 20.7 Å². The molecular weight excluding hydrogens is 781 g/mol. The van der Waals surface area contributed by atoms with Crippen molar-refractivity contribution in [3.8, 4) is 39.8 Å². The first-order valence-electron chi connectivity index (χ1n) is 20.2. The van der Waals surface area contributed by atoms with Gasteiger partial charge in [0.1, 0.15) is 29.9 Å². The Hall–Kier alpha value is -6.61. The summed E-state index contributed by atoms with van der Waals surface area (Å²) < 4.78 is 33.1. The maximum atomic E-state index is 14.3. The molecule has 0 fully saturated rings. The second kappa shape index (κ2) is 13.7. The number of carbonyl (C=O) groups is 3. The van der Waals surface area contributed by atoms with E-state index in [9.17, 15) is 14.4 Å². The Bertz CT molecular complexity index is 2780. The van der Waals surface area contributed by atoms with Crippen molar-refractivity contribution in [3.05, 3.63) is 108 Å². The fraction of sp³-hybridized carbons (Fsp3) is 0.311. The van der Waals surface area contributed by atoms with Crippen molar-refractivity contribution in [1.82, 2.24) is 25.2 Å². The zero-order valence-electron chi connectivity index (χ0n) is 33.9. The molecule has 10 rings (SSSR count). The number of anilines is 1.